The Morgan fingerprint density at radius 3 is 1.72 bits per heavy atom. The number of anilines is 2. The molecular weight excluding hydrogens is 912 g/mol. The lowest BCUT2D eigenvalue weighted by molar-refractivity contribution is -0.173. The van der Waals surface area contributed by atoms with Crippen LogP contribution in [-0.4, -0.2) is 83.0 Å². The SMILES string of the molecule is CNc1ccc2c3[nH]c(c2c1)=NC1=NC(=NC2N=C(N=C4N=C(N=3)c3ccccc34)c3ccccc32)c2ccc(N3C(=O)c4ccc(C(C)(c5ccc6c(c5)C(=O)N(C)C6=O)C(F)(F)F)cc4C3=O)cc21. The van der Waals surface area contributed by atoms with Crippen molar-refractivity contribution in [1.29, 1.82) is 0 Å². The summed E-state index contributed by atoms with van der Waals surface area (Å²) in [6.07, 6.45) is -5.74. The van der Waals surface area contributed by atoms with Gasteiger partial charge in [-0.1, -0.05) is 60.7 Å². The van der Waals surface area contributed by atoms with Crippen molar-refractivity contribution in [3.63, 3.8) is 0 Å². The molecule has 344 valence electrons. The van der Waals surface area contributed by atoms with Gasteiger partial charge in [0.25, 0.3) is 23.6 Å². The van der Waals surface area contributed by atoms with Crippen molar-refractivity contribution in [2.45, 2.75) is 24.7 Å². The number of carbonyl (C=O) groups excluding carboxylic acids is 4. The van der Waals surface area contributed by atoms with Crippen molar-refractivity contribution >= 4 is 75.0 Å². The molecule has 71 heavy (non-hydrogen) atoms. The Labute approximate surface area is 399 Å². The molecule has 1 aromatic heterocycles. The van der Waals surface area contributed by atoms with Crippen LogP contribution in [0.1, 0.15) is 99.0 Å². The highest BCUT2D eigenvalue weighted by Crippen LogP contribution is 2.48. The molecule has 0 aliphatic carbocycles. The first-order valence-corrected chi connectivity index (χ1v) is 22.3. The second kappa shape index (κ2) is 14.6. The van der Waals surface area contributed by atoms with Gasteiger partial charge in [-0.05, 0) is 78.7 Å². The minimum Gasteiger partial charge on any atom is -0.388 e. The average molecular weight is 944 g/mol. The van der Waals surface area contributed by atoms with Gasteiger partial charge >= 0.3 is 6.18 Å². The number of aliphatic imine (C=N–C) groups is 5. The summed E-state index contributed by atoms with van der Waals surface area (Å²) in [5.41, 5.74) is 1.80. The molecule has 7 heterocycles. The van der Waals surface area contributed by atoms with Gasteiger partial charge in [-0.15, -0.1) is 0 Å². The van der Waals surface area contributed by atoms with E-state index in [1.54, 1.807) is 25.2 Å². The van der Waals surface area contributed by atoms with Crippen LogP contribution < -0.4 is 21.2 Å². The third-order valence-electron chi connectivity index (χ3n) is 13.9. The molecule has 0 fully saturated rings. The predicted molar refractivity (Wildman–Crippen MR) is 258 cm³/mol. The molecule has 6 aliphatic rings. The van der Waals surface area contributed by atoms with Gasteiger partial charge in [-0.2, -0.15) is 13.2 Å². The summed E-state index contributed by atoms with van der Waals surface area (Å²) in [6.45, 7) is 0.934. The Kier molecular flexibility index (Phi) is 8.60. The fourth-order valence-electron chi connectivity index (χ4n) is 9.99. The van der Waals surface area contributed by atoms with Crippen LogP contribution in [-0.2, 0) is 5.41 Å². The van der Waals surface area contributed by atoms with E-state index in [4.69, 9.17) is 34.9 Å². The molecule has 2 N–H and O–H groups in total. The average Bonchev–Trinajstić information content (AvgIpc) is 4.19. The highest BCUT2D eigenvalue weighted by Gasteiger charge is 2.55. The van der Waals surface area contributed by atoms with Crippen molar-refractivity contribution in [3.05, 3.63) is 199 Å². The van der Waals surface area contributed by atoms with E-state index in [-0.39, 0.29) is 50.7 Å². The molecule has 2 unspecified atom stereocenters. The first-order valence-electron chi connectivity index (χ1n) is 22.3. The van der Waals surface area contributed by atoms with E-state index in [2.05, 4.69) is 10.3 Å². The molecular formula is C53H32F3N11O4. The van der Waals surface area contributed by atoms with Gasteiger partial charge in [0.15, 0.2) is 35.3 Å². The van der Waals surface area contributed by atoms with E-state index in [1.807, 2.05) is 66.7 Å². The number of amides is 4. The maximum atomic E-state index is 15.4. The van der Waals surface area contributed by atoms with Crippen LogP contribution in [0.3, 0.4) is 0 Å². The molecule has 2 atom stereocenters. The molecule has 0 radical (unpaired) electrons. The Morgan fingerprint density at radius 1 is 0.521 bits per heavy atom. The lowest BCUT2D eigenvalue weighted by Gasteiger charge is -2.33. The zero-order valence-corrected chi connectivity index (χ0v) is 37.4. The van der Waals surface area contributed by atoms with Crippen LogP contribution in [0.15, 0.2) is 156 Å². The Bertz CT molecular complexity index is 4020. The molecule has 8 bridgehead atoms. The van der Waals surface area contributed by atoms with E-state index in [9.17, 15) is 19.2 Å². The summed E-state index contributed by atoms with van der Waals surface area (Å²) in [7, 11) is 3.05. The number of H-pyrrole nitrogens is 1. The van der Waals surface area contributed by atoms with Crippen LogP contribution >= 0.6 is 0 Å². The normalized spacial score (nSPS) is 18.1. The first kappa shape index (κ1) is 41.8. The van der Waals surface area contributed by atoms with Crippen molar-refractivity contribution in [2.24, 2.45) is 34.9 Å². The van der Waals surface area contributed by atoms with E-state index >= 15 is 13.2 Å². The van der Waals surface area contributed by atoms with Crippen LogP contribution in [0.5, 0.6) is 0 Å². The number of carbonyl (C=O) groups is 4. The fraction of sp³-hybridized carbons (Fsp3) is 0.113. The number of amidine groups is 5. The number of aromatic nitrogens is 1. The maximum Gasteiger partial charge on any atom is 0.402 e. The lowest BCUT2D eigenvalue weighted by Crippen LogP contribution is -2.41. The van der Waals surface area contributed by atoms with Crippen LogP contribution in [0.4, 0.5) is 24.5 Å². The Balaban J connectivity index is 0.954. The van der Waals surface area contributed by atoms with Gasteiger partial charge in [0, 0.05) is 63.9 Å². The Morgan fingerprint density at radius 2 is 1.04 bits per heavy atom. The number of rotatable bonds is 4. The van der Waals surface area contributed by atoms with Crippen molar-refractivity contribution in [1.82, 2.24) is 9.88 Å². The number of nitrogens with zero attached hydrogens (tertiary/aromatic N) is 9. The summed E-state index contributed by atoms with van der Waals surface area (Å²) < 4.78 is 46.2. The molecule has 6 aliphatic heterocycles. The van der Waals surface area contributed by atoms with Gasteiger partial charge in [-0.25, -0.2) is 39.8 Å². The van der Waals surface area contributed by atoms with Crippen molar-refractivity contribution in [3.8, 4) is 0 Å². The molecule has 7 aromatic rings. The van der Waals surface area contributed by atoms with Crippen LogP contribution in [0.25, 0.3) is 10.8 Å². The monoisotopic (exact) mass is 943 g/mol. The molecule has 0 saturated heterocycles. The molecule has 6 aromatic carbocycles. The molecule has 13 rings (SSSR count). The van der Waals surface area contributed by atoms with Gasteiger partial charge < -0.3 is 10.3 Å². The van der Waals surface area contributed by atoms with Crippen molar-refractivity contribution in [2.75, 3.05) is 24.3 Å². The summed E-state index contributed by atoms with van der Waals surface area (Å²) >= 11 is 0. The highest BCUT2D eigenvalue weighted by atomic mass is 19.4. The predicted octanol–water partition coefficient (Wildman–Crippen LogP) is 7.23. The quantitative estimate of drug-likeness (QED) is 0.176. The molecule has 4 amide bonds. The molecule has 15 nitrogen and oxygen atoms in total. The Hall–Kier alpha value is -9.32. The maximum absolute atomic E-state index is 15.4. The van der Waals surface area contributed by atoms with Gasteiger partial charge in [0.05, 0.1) is 27.9 Å². The number of fused-ring (bicyclic) bond motifs is 19. The number of nitrogens with one attached hydrogen (secondary N) is 2. The number of alkyl halides is 3. The number of halogens is 3. The van der Waals surface area contributed by atoms with Crippen LogP contribution in [0.2, 0.25) is 0 Å². The van der Waals surface area contributed by atoms with E-state index in [1.165, 1.54) is 19.2 Å². The minimum atomic E-state index is -4.96. The standard InChI is InChI=1S/C53H32F3N11O4/c1-52(53(54,55)56,24-12-16-34-38(20-24)49(69)66(3)48(34)68)25-13-17-35-39(21-25)51(71)67(50(35)70)27-15-19-33-37(23-27)47-64-45(33)62-43-31-11-7-5-9-29(31)41(60-43)58-40-28-8-4-6-10-30(28)42(59-40)61-44-32-18-14-26(57-2)22-36(32)46(63-44)65-47/h4-23,43,57H,1-3H3,(H,58,59,60,61,62,63,64,65). The second-order valence-electron chi connectivity index (χ2n) is 17.8. The zero-order chi connectivity index (χ0) is 48.8. The lowest BCUT2D eigenvalue weighted by atomic mass is 9.74. The summed E-state index contributed by atoms with van der Waals surface area (Å²) in [5.74, 6) is -1.24. The third kappa shape index (κ3) is 5.93. The molecule has 18 heteroatoms. The van der Waals surface area contributed by atoms with Crippen molar-refractivity contribution < 1.29 is 32.3 Å². The topological polar surface area (TPSA) is 189 Å². The van der Waals surface area contributed by atoms with E-state index < -0.39 is 41.4 Å². The second-order valence-corrected chi connectivity index (χ2v) is 17.8. The third-order valence-corrected chi connectivity index (χ3v) is 13.9. The number of aromatic amines is 1. The van der Waals surface area contributed by atoms with E-state index in [0.29, 0.717) is 45.0 Å². The van der Waals surface area contributed by atoms with E-state index in [0.717, 1.165) is 74.3 Å². The smallest absolute Gasteiger partial charge is 0.388 e. The number of imide groups is 2. The van der Waals surface area contributed by atoms with Gasteiger partial charge in [0.1, 0.15) is 16.4 Å². The fourth-order valence-corrected chi connectivity index (χ4v) is 9.99. The first-order chi connectivity index (χ1) is 34.2. The van der Waals surface area contributed by atoms with Gasteiger partial charge in [-0.3, -0.25) is 24.1 Å². The largest absolute Gasteiger partial charge is 0.402 e. The number of hydrogen-bond donors (Lipinski definition) is 2. The summed E-state index contributed by atoms with van der Waals surface area (Å²) in [4.78, 5) is 94.5. The molecule has 0 saturated carbocycles. The minimum absolute atomic E-state index is 0.0139. The summed E-state index contributed by atoms with van der Waals surface area (Å²) in [6, 6.07) is 32.7. The van der Waals surface area contributed by atoms with Gasteiger partial charge in [0.2, 0.25) is 0 Å². The van der Waals surface area contributed by atoms with Crippen LogP contribution in [0, 0.1) is 0 Å². The number of benzene rings is 6. The number of hydrogen-bond acceptors (Lipinski definition) is 12. The zero-order valence-electron chi connectivity index (χ0n) is 37.4. The highest BCUT2D eigenvalue weighted by molar-refractivity contribution is 6.35. The summed E-state index contributed by atoms with van der Waals surface area (Å²) in [5, 5.41) is 4.60. The molecule has 0 spiro atoms.